The van der Waals surface area contributed by atoms with Crippen LogP contribution in [0.5, 0.6) is 0 Å². The predicted octanol–water partition coefficient (Wildman–Crippen LogP) is 2.35. The highest BCUT2D eigenvalue weighted by molar-refractivity contribution is 6.33. The number of para-hydroxylation sites is 1. The molecule has 1 N–H and O–H groups in total. The number of anilines is 2. The first kappa shape index (κ1) is 13.8. The molecule has 0 saturated carbocycles. The zero-order valence-corrected chi connectivity index (χ0v) is 12.0. The Balaban J connectivity index is 1.67. The summed E-state index contributed by atoms with van der Waals surface area (Å²) < 4.78 is 5.22. The van der Waals surface area contributed by atoms with Crippen LogP contribution in [0.4, 0.5) is 11.7 Å². The largest absolute Gasteiger partial charge is 0.476 e. The lowest BCUT2D eigenvalue weighted by Crippen LogP contribution is -2.46. The van der Waals surface area contributed by atoms with E-state index in [1.807, 2.05) is 29.2 Å². The number of carboxylic acids is 1. The monoisotopic (exact) mass is 307 g/mol. The molecule has 0 spiro atoms. The van der Waals surface area contributed by atoms with E-state index in [0.29, 0.717) is 19.1 Å². The van der Waals surface area contributed by atoms with E-state index in [0.717, 1.165) is 30.1 Å². The Bertz CT molecular complexity index is 650. The maximum atomic E-state index is 10.8. The number of carbonyl (C=O) groups is 1. The molecule has 0 bridgehead atoms. The molecule has 0 aliphatic carbocycles. The second-order valence-electron chi connectivity index (χ2n) is 4.75. The molecule has 0 unspecified atom stereocenters. The van der Waals surface area contributed by atoms with Crippen molar-refractivity contribution < 1.29 is 14.3 Å². The number of carboxylic acid groups (broad SMARTS) is 1. The van der Waals surface area contributed by atoms with Gasteiger partial charge < -0.3 is 19.3 Å². The summed E-state index contributed by atoms with van der Waals surface area (Å²) in [5.74, 6) is -1.08. The number of aromatic nitrogens is 1. The van der Waals surface area contributed by atoms with Gasteiger partial charge in [0.1, 0.15) is 6.26 Å². The van der Waals surface area contributed by atoms with Crippen molar-refractivity contribution in [3.05, 3.63) is 41.2 Å². The highest BCUT2D eigenvalue weighted by atomic mass is 35.5. The number of nitrogens with zero attached hydrogens (tertiary/aromatic N) is 3. The quantitative estimate of drug-likeness (QED) is 0.938. The third kappa shape index (κ3) is 2.80. The van der Waals surface area contributed by atoms with E-state index < -0.39 is 5.97 Å². The molecule has 7 heteroatoms. The number of hydrogen-bond acceptors (Lipinski definition) is 5. The van der Waals surface area contributed by atoms with Gasteiger partial charge in [0, 0.05) is 26.2 Å². The fourth-order valence-electron chi connectivity index (χ4n) is 2.35. The molecular formula is C14H14ClN3O3. The second-order valence-corrected chi connectivity index (χ2v) is 5.15. The summed E-state index contributed by atoms with van der Waals surface area (Å²) in [5, 5.41) is 9.59. The molecular weight excluding hydrogens is 294 g/mol. The van der Waals surface area contributed by atoms with Gasteiger partial charge in [-0.3, -0.25) is 0 Å². The topological polar surface area (TPSA) is 69.8 Å². The molecule has 2 heterocycles. The van der Waals surface area contributed by atoms with Gasteiger partial charge in [0.15, 0.2) is 5.69 Å². The number of benzene rings is 1. The van der Waals surface area contributed by atoms with Crippen LogP contribution in [0.3, 0.4) is 0 Å². The van der Waals surface area contributed by atoms with Crippen LogP contribution in [0.1, 0.15) is 10.5 Å². The van der Waals surface area contributed by atoms with Crippen molar-refractivity contribution in [1.29, 1.82) is 0 Å². The minimum absolute atomic E-state index is 0.0708. The normalized spacial score (nSPS) is 15.3. The highest BCUT2D eigenvalue weighted by Gasteiger charge is 2.22. The third-order valence-corrected chi connectivity index (χ3v) is 3.77. The summed E-state index contributed by atoms with van der Waals surface area (Å²) in [5.41, 5.74) is 0.941. The fourth-order valence-corrected chi connectivity index (χ4v) is 2.61. The summed E-state index contributed by atoms with van der Waals surface area (Å²) in [4.78, 5) is 18.9. The molecule has 3 rings (SSSR count). The first-order valence-electron chi connectivity index (χ1n) is 6.58. The van der Waals surface area contributed by atoms with Crippen LogP contribution >= 0.6 is 11.6 Å². The number of rotatable bonds is 3. The molecule has 6 nitrogen and oxygen atoms in total. The third-order valence-electron chi connectivity index (χ3n) is 3.45. The van der Waals surface area contributed by atoms with Gasteiger partial charge in [-0.25, -0.2) is 4.79 Å². The van der Waals surface area contributed by atoms with Gasteiger partial charge in [-0.1, -0.05) is 23.7 Å². The van der Waals surface area contributed by atoms with Gasteiger partial charge in [-0.15, -0.1) is 0 Å². The molecule has 2 aromatic rings. The van der Waals surface area contributed by atoms with E-state index in [1.165, 1.54) is 0 Å². The summed E-state index contributed by atoms with van der Waals surface area (Å²) >= 11 is 6.20. The number of piperazine rings is 1. The number of oxazole rings is 1. The summed E-state index contributed by atoms with van der Waals surface area (Å²) in [6.45, 7) is 2.94. The maximum absolute atomic E-state index is 10.8. The second kappa shape index (κ2) is 5.65. The van der Waals surface area contributed by atoms with Crippen molar-refractivity contribution in [2.24, 2.45) is 0 Å². The van der Waals surface area contributed by atoms with Crippen molar-refractivity contribution in [1.82, 2.24) is 4.98 Å². The first-order valence-corrected chi connectivity index (χ1v) is 6.96. The smallest absolute Gasteiger partial charge is 0.357 e. The summed E-state index contributed by atoms with van der Waals surface area (Å²) in [6.07, 6.45) is 1.16. The Morgan fingerprint density at radius 3 is 2.48 bits per heavy atom. The molecule has 1 aliphatic heterocycles. The van der Waals surface area contributed by atoms with E-state index in [1.54, 1.807) is 0 Å². The van der Waals surface area contributed by atoms with E-state index in [-0.39, 0.29) is 5.69 Å². The van der Waals surface area contributed by atoms with Crippen LogP contribution in [0.25, 0.3) is 0 Å². The number of hydrogen-bond donors (Lipinski definition) is 1. The molecule has 0 atom stereocenters. The fraction of sp³-hybridized carbons (Fsp3) is 0.286. The molecule has 110 valence electrons. The molecule has 0 amide bonds. The standard InChI is InChI=1S/C14H14ClN3O3/c15-10-3-1-2-4-12(10)17-5-7-18(8-6-17)14-16-11(9-21-14)13(19)20/h1-4,9H,5-8H2,(H,19,20). The average Bonchev–Trinajstić information content (AvgIpc) is 2.98. The number of halogens is 1. The van der Waals surface area contributed by atoms with E-state index in [9.17, 15) is 4.79 Å². The van der Waals surface area contributed by atoms with Gasteiger partial charge in [0.25, 0.3) is 6.01 Å². The van der Waals surface area contributed by atoms with Gasteiger partial charge in [0.05, 0.1) is 10.7 Å². The van der Waals surface area contributed by atoms with E-state index >= 15 is 0 Å². The maximum Gasteiger partial charge on any atom is 0.357 e. The van der Waals surface area contributed by atoms with E-state index in [2.05, 4.69) is 9.88 Å². The van der Waals surface area contributed by atoms with Crippen LogP contribution in [0.2, 0.25) is 5.02 Å². The van der Waals surface area contributed by atoms with Crippen molar-refractivity contribution in [2.45, 2.75) is 0 Å². The van der Waals surface area contributed by atoms with Crippen molar-refractivity contribution in [2.75, 3.05) is 36.0 Å². The Morgan fingerprint density at radius 1 is 1.19 bits per heavy atom. The number of aromatic carboxylic acids is 1. The van der Waals surface area contributed by atoms with E-state index in [4.69, 9.17) is 21.1 Å². The summed E-state index contributed by atoms with van der Waals surface area (Å²) in [6, 6.07) is 8.08. The molecule has 0 radical (unpaired) electrons. The van der Waals surface area contributed by atoms with Gasteiger partial charge in [-0.2, -0.15) is 4.98 Å². The van der Waals surface area contributed by atoms with Crippen molar-refractivity contribution >= 4 is 29.3 Å². The van der Waals surface area contributed by atoms with Gasteiger partial charge in [0.2, 0.25) is 0 Å². The van der Waals surface area contributed by atoms with Gasteiger partial charge in [-0.05, 0) is 12.1 Å². The first-order chi connectivity index (χ1) is 10.1. The molecule has 21 heavy (non-hydrogen) atoms. The van der Waals surface area contributed by atoms with Crippen LogP contribution in [0.15, 0.2) is 34.9 Å². The minimum Gasteiger partial charge on any atom is -0.476 e. The Kier molecular flexibility index (Phi) is 3.70. The SMILES string of the molecule is O=C(O)c1coc(N2CCN(c3ccccc3Cl)CC2)n1. The predicted molar refractivity (Wildman–Crippen MR) is 79.3 cm³/mol. The van der Waals surface area contributed by atoms with Gasteiger partial charge >= 0.3 is 5.97 Å². The van der Waals surface area contributed by atoms with Crippen LogP contribution < -0.4 is 9.80 Å². The summed E-state index contributed by atoms with van der Waals surface area (Å²) in [7, 11) is 0. The lowest BCUT2D eigenvalue weighted by Gasteiger charge is -2.35. The lowest BCUT2D eigenvalue weighted by molar-refractivity contribution is 0.0690. The van der Waals surface area contributed by atoms with Crippen LogP contribution in [-0.2, 0) is 0 Å². The Hall–Kier alpha value is -2.21. The van der Waals surface area contributed by atoms with Crippen LogP contribution in [-0.4, -0.2) is 42.2 Å². The zero-order chi connectivity index (χ0) is 14.8. The Morgan fingerprint density at radius 2 is 1.86 bits per heavy atom. The molecule has 1 aromatic carbocycles. The zero-order valence-electron chi connectivity index (χ0n) is 11.2. The lowest BCUT2D eigenvalue weighted by atomic mass is 10.2. The molecule has 1 fully saturated rings. The minimum atomic E-state index is -1.08. The highest BCUT2D eigenvalue weighted by Crippen LogP contribution is 2.27. The Labute approximate surface area is 126 Å². The molecule has 1 aliphatic rings. The van der Waals surface area contributed by atoms with Crippen molar-refractivity contribution in [3.8, 4) is 0 Å². The average molecular weight is 308 g/mol. The van der Waals surface area contributed by atoms with Crippen LogP contribution in [0, 0.1) is 0 Å². The molecule has 1 aromatic heterocycles. The molecule has 1 saturated heterocycles. The van der Waals surface area contributed by atoms with Crippen molar-refractivity contribution in [3.63, 3.8) is 0 Å².